The monoisotopic (exact) mass is 378 g/mol. The Balaban J connectivity index is 1.79. The molecule has 6 nitrogen and oxygen atoms in total. The lowest BCUT2D eigenvalue weighted by molar-refractivity contribution is 0.111. The molecule has 4 rings (SSSR count). The Bertz CT molecular complexity index is 957. The van der Waals surface area contributed by atoms with Gasteiger partial charge in [0.2, 0.25) is 5.95 Å². The number of nitrogens with one attached hydrogen (secondary N) is 1. The van der Waals surface area contributed by atoms with Gasteiger partial charge in [-0.3, -0.25) is 4.79 Å². The summed E-state index contributed by atoms with van der Waals surface area (Å²) in [6.45, 7) is 2.95. The van der Waals surface area contributed by atoms with Crippen molar-refractivity contribution < 1.29 is 9.90 Å². The number of rotatable bonds is 6. The van der Waals surface area contributed by atoms with E-state index in [0.29, 0.717) is 17.6 Å². The number of aliphatic hydroxyl groups is 1. The SMILES string of the molecule is CCCNc1ncc2c(-c3ccc(C=O)cc3)cn(C3CCC(O)CC3)c2n1. The molecular weight excluding hydrogens is 352 g/mol. The van der Waals surface area contributed by atoms with Crippen LogP contribution in [0.3, 0.4) is 0 Å². The summed E-state index contributed by atoms with van der Waals surface area (Å²) in [5, 5.41) is 14.2. The van der Waals surface area contributed by atoms with Crippen molar-refractivity contribution in [2.24, 2.45) is 0 Å². The molecule has 0 spiro atoms. The molecule has 0 amide bonds. The Hall–Kier alpha value is -2.73. The van der Waals surface area contributed by atoms with Gasteiger partial charge in [0, 0.05) is 41.5 Å². The van der Waals surface area contributed by atoms with E-state index in [1.54, 1.807) is 0 Å². The highest BCUT2D eigenvalue weighted by Crippen LogP contribution is 2.36. The van der Waals surface area contributed by atoms with Gasteiger partial charge in [0.15, 0.2) is 0 Å². The van der Waals surface area contributed by atoms with Gasteiger partial charge in [-0.15, -0.1) is 0 Å². The van der Waals surface area contributed by atoms with Gasteiger partial charge in [-0.25, -0.2) is 4.98 Å². The molecule has 0 saturated heterocycles. The Morgan fingerprint density at radius 2 is 1.96 bits per heavy atom. The molecule has 2 aromatic heterocycles. The van der Waals surface area contributed by atoms with E-state index in [0.717, 1.165) is 67.1 Å². The first kappa shape index (κ1) is 18.6. The Kier molecular flexibility index (Phi) is 5.39. The number of carbonyl (C=O) groups excluding carboxylic acids is 1. The van der Waals surface area contributed by atoms with Crippen molar-refractivity contribution in [2.45, 2.75) is 51.2 Å². The number of fused-ring (bicyclic) bond motifs is 1. The highest BCUT2D eigenvalue weighted by atomic mass is 16.3. The van der Waals surface area contributed by atoms with E-state index in [-0.39, 0.29) is 6.10 Å². The minimum absolute atomic E-state index is 0.190. The summed E-state index contributed by atoms with van der Waals surface area (Å²) in [6.07, 6.45) is 9.24. The molecule has 1 saturated carbocycles. The molecule has 0 unspecified atom stereocenters. The molecular formula is C22H26N4O2. The maximum absolute atomic E-state index is 11.0. The van der Waals surface area contributed by atoms with Crippen LogP contribution in [0.4, 0.5) is 5.95 Å². The van der Waals surface area contributed by atoms with Gasteiger partial charge in [-0.2, -0.15) is 4.98 Å². The zero-order valence-electron chi connectivity index (χ0n) is 16.1. The first-order valence-electron chi connectivity index (χ1n) is 10.0. The van der Waals surface area contributed by atoms with Gasteiger partial charge in [-0.05, 0) is 37.7 Å². The number of aromatic nitrogens is 3. The standard InChI is InChI=1S/C22H26N4O2/c1-2-11-23-22-24-12-19-20(16-5-3-15(14-27)4-6-16)13-26(21(19)25-22)17-7-9-18(28)10-8-17/h3-6,12-14,17-18,28H,2,7-11H2,1H3,(H,23,24,25). The topological polar surface area (TPSA) is 80.0 Å². The summed E-state index contributed by atoms with van der Waals surface area (Å²) in [7, 11) is 0. The van der Waals surface area contributed by atoms with Crippen LogP contribution in [0.1, 0.15) is 55.4 Å². The average Bonchev–Trinajstić information content (AvgIpc) is 3.11. The zero-order valence-corrected chi connectivity index (χ0v) is 16.1. The predicted octanol–water partition coefficient (Wildman–Crippen LogP) is 4.21. The van der Waals surface area contributed by atoms with Crippen LogP contribution in [-0.2, 0) is 0 Å². The summed E-state index contributed by atoms with van der Waals surface area (Å²) >= 11 is 0. The molecule has 0 bridgehead atoms. The van der Waals surface area contributed by atoms with Gasteiger partial charge in [0.1, 0.15) is 11.9 Å². The maximum Gasteiger partial charge on any atom is 0.224 e. The number of aldehydes is 1. The summed E-state index contributed by atoms with van der Waals surface area (Å²) in [5.41, 5.74) is 3.70. The Morgan fingerprint density at radius 3 is 2.64 bits per heavy atom. The van der Waals surface area contributed by atoms with E-state index in [9.17, 15) is 9.90 Å². The Labute approximate surface area is 164 Å². The second kappa shape index (κ2) is 8.10. The minimum atomic E-state index is -0.190. The van der Waals surface area contributed by atoms with Crippen LogP contribution in [-0.4, -0.2) is 38.6 Å². The van der Waals surface area contributed by atoms with Gasteiger partial charge in [-0.1, -0.05) is 31.2 Å². The predicted molar refractivity (Wildman–Crippen MR) is 111 cm³/mol. The molecule has 1 aromatic carbocycles. The summed E-state index contributed by atoms with van der Waals surface area (Å²) in [4.78, 5) is 20.3. The minimum Gasteiger partial charge on any atom is -0.393 e. The second-order valence-electron chi connectivity index (χ2n) is 7.51. The Morgan fingerprint density at radius 1 is 1.21 bits per heavy atom. The molecule has 1 aliphatic rings. The summed E-state index contributed by atoms with van der Waals surface area (Å²) in [6, 6.07) is 7.93. The third-order valence-electron chi connectivity index (χ3n) is 5.52. The average molecular weight is 378 g/mol. The lowest BCUT2D eigenvalue weighted by Crippen LogP contribution is -2.20. The fourth-order valence-corrected chi connectivity index (χ4v) is 3.94. The van der Waals surface area contributed by atoms with E-state index >= 15 is 0 Å². The van der Waals surface area contributed by atoms with E-state index < -0.39 is 0 Å². The number of carbonyl (C=O) groups is 1. The molecule has 28 heavy (non-hydrogen) atoms. The van der Waals surface area contributed by atoms with E-state index in [1.807, 2.05) is 30.5 Å². The van der Waals surface area contributed by atoms with Crippen molar-refractivity contribution in [1.29, 1.82) is 0 Å². The number of nitrogens with zero attached hydrogens (tertiary/aromatic N) is 3. The highest BCUT2D eigenvalue weighted by molar-refractivity contribution is 5.94. The summed E-state index contributed by atoms with van der Waals surface area (Å²) < 4.78 is 2.25. The van der Waals surface area contributed by atoms with Crippen molar-refractivity contribution in [1.82, 2.24) is 14.5 Å². The third kappa shape index (κ3) is 3.64. The normalized spacial score (nSPS) is 19.6. The van der Waals surface area contributed by atoms with E-state index in [1.165, 1.54) is 0 Å². The fourth-order valence-electron chi connectivity index (χ4n) is 3.94. The highest BCUT2D eigenvalue weighted by Gasteiger charge is 2.24. The first-order valence-corrected chi connectivity index (χ1v) is 10.0. The maximum atomic E-state index is 11.0. The molecule has 146 valence electrons. The fraction of sp³-hybridized carbons (Fsp3) is 0.409. The molecule has 6 heteroatoms. The molecule has 0 atom stereocenters. The summed E-state index contributed by atoms with van der Waals surface area (Å²) in [5.74, 6) is 0.646. The number of hydrogen-bond acceptors (Lipinski definition) is 5. The zero-order chi connectivity index (χ0) is 19.5. The van der Waals surface area contributed by atoms with Crippen LogP contribution < -0.4 is 5.32 Å². The van der Waals surface area contributed by atoms with Crippen LogP contribution in [0.2, 0.25) is 0 Å². The lowest BCUT2D eigenvalue weighted by atomic mass is 9.93. The molecule has 1 fully saturated rings. The van der Waals surface area contributed by atoms with E-state index in [4.69, 9.17) is 4.98 Å². The molecule has 0 aliphatic heterocycles. The number of benzene rings is 1. The van der Waals surface area contributed by atoms with Gasteiger partial charge in [0.25, 0.3) is 0 Å². The van der Waals surface area contributed by atoms with Crippen LogP contribution in [0, 0.1) is 0 Å². The van der Waals surface area contributed by atoms with Crippen LogP contribution in [0.15, 0.2) is 36.7 Å². The smallest absolute Gasteiger partial charge is 0.224 e. The van der Waals surface area contributed by atoms with Gasteiger partial charge >= 0.3 is 0 Å². The molecule has 1 aliphatic carbocycles. The lowest BCUT2D eigenvalue weighted by Gasteiger charge is -2.27. The van der Waals surface area contributed by atoms with Crippen molar-refractivity contribution in [2.75, 3.05) is 11.9 Å². The van der Waals surface area contributed by atoms with Crippen molar-refractivity contribution in [3.8, 4) is 11.1 Å². The quantitative estimate of drug-likeness (QED) is 0.628. The van der Waals surface area contributed by atoms with Crippen LogP contribution in [0.5, 0.6) is 0 Å². The number of hydrogen-bond donors (Lipinski definition) is 2. The van der Waals surface area contributed by atoms with Gasteiger partial charge < -0.3 is 15.0 Å². The molecule has 2 N–H and O–H groups in total. The van der Waals surface area contributed by atoms with Gasteiger partial charge in [0.05, 0.1) is 6.10 Å². The second-order valence-corrected chi connectivity index (χ2v) is 7.51. The molecule has 3 aromatic rings. The largest absolute Gasteiger partial charge is 0.393 e. The van der Waals surface area contributed by atoms with Crippen molar-refractivity contribution in [3.05, 3.63) is 42.2 Å². The van der Waals surface area contributed by atoms with Crippen molar-refractivity contribution >= 4 is 23.3 Å². The third-order valence-corrected chi connectivity index (χ3v) is 5.52. The first-order chi connectivity index (χ1) is 13.7. The number of aliphatic hydroxyl groups excluding tert-OH is 1. The van der Waals surface area contributed by atoms with Crippen LogP contribution >= 0.6 is 0 Å². The molecule has 0 radical (unpaired) electrons. The number of anilines is 1. The van der Waals surface area contributed by atoms with Crippen molar-refractivity contribution in [3.63, 3.8) is 0 Å². The van der Waals surface area contributed by atoms with E-state index in [2.05, 4.69) is 28.0 Å². The van der Waals surface area contributed by atoms with Crippen LogP contribution in [0.25, 0.3) is 22.2 Å². The molecule has 2 heterocycles.